The van der Waals surface area contributed by atoms with Crippen LogP contribution in [0, 0.1) is 6.57 Å². The van der Waals surface area contributed by atoms with Gasteiger partial charge in [0.25, 0.3) is 6.43 Å². The van der Waals surface area contributed by atoms with Gasteiger partial charge in [0.05, 0.1) is 13.7 Å². The lowest BCUT2D eigenvalue weighted by Gasteiger charge is -2.04. The quantitative estimate of drug-likeness (QED) is 0.642. The van der Waals surface area contributed by atoms with E-state index >= 15 is 0 Å². The molecule has 0 unspecified atom stereocenters. The molecule has 0 aliphatic rings. The predicted molar refractivity (Wildman–Crippen MR) is 44.2 cm³/mol. The van der Waals surface area contributed by atoms with Gasteiger partial charge in [-0.25, -0.2) is 13.6 Å². The number of alkyl halides is 2. The highest BCUT2D eigenvalue weighted by Crippen LogP contribution is 2.28. The third kappa shape index (κ3) is 2.15. The molecule has 13 heavy (non-hydrogen) atoms. The highest BCUT2D eigenvalue weighted by Gasteiger charge is 2.09. The Labute approximate surface area is 74.6 Å². The summed E-state index contributed by atoms with van der Waals surface area (Å²) in [5.74, 6) is 0.281. The highest BCUT2D eigenvalue weighted by atomic mass is 19.3. The maximum absolute atomic E-state index is 12.2. The van der Waals surface area contributed by atoms with Crippen molar-refractivity contribution in [2.45, 2.75) is 6.43 Å². The number of halogens is 2. The first-order valence-electron chi connectivity index (χ1n) is 3.52. The second kappa shape index (κ2) is 3.85. The lowest BCUT2D eigenvalue weighted by molar-refractivity contribution is 0.151. The molecule has 0 heterocycles. The van der Waals surface area contributed by atoms with Crippen molar-refractivity contribution in [2.24, 2.45) is 0 Å². The lowest BCUT2D eigenvalue weighted by Crippen LogP contribution is -1.87. The van der Waals surface area contributed by atoms with Crippen molar-refractivity contribution in [1.29, 1.82) is 0 Å². The van der Waals surface area contributed by atoms with Crippen molar-refractivity contribution >= 4 is 5.69 Å². The molecule has 0 N–H and O–H groups in total. The number of ether oxygens (including phenoxy) is 1. The van der Waals surface area contributed by atoms with E-state index in [9.17, 15) is 8.78 Å². The minimum Gasteiger partial charge on any atom is -0.498 e. The topological polar surface area (TPSA) is 13.6 Å². The van der Waals surface area contributed by atoms with E-state index in [-0.39, 0.29) is 17.0 Å². The fourth-order valence-electron chi connectivity index (χ4n) is 0.914. The Morgan fingerprint density at radius 3 is 2.54 bits per heavy atom. The Bertz CT molecular complexity index is 344. The van der Waals surface area contributed by atoms with E-state index in [0.717, 1.165) is 6.07 Å². The molecule has 0 aromatic heterocycles. The summed E-state index contributed by atoms with van der Waals surface area (Å²) in [6.45, 7) is 6.68. The van der Waals surface area contributed by atoms with Crippen LogP contribution in [0.15, 0.2) is 18.2 Å². The number of hydrogen-bond donors (Lipinski definition) is 0. The first-order valence-corrected chi connectivity index (χ1v) is 3.52. The average molecular weight is 183 g/mol. The average Bonchev–Trinajstić information content (AvgIpc) is 2.16. The molecule has 0 aliphatic carbocycles. The Kier molecular flexibility index (Phi) is 2.80. The summed E-state index contributed by atoms with van der Waals surface area (Å²) in [6.07, 6.45) is -2.57. The third-order valence-electron chi connectivity index (χ3n) is 1.53. The maximum Gasteiger partial charge on any atom is 0.262 e. The van der Waals surface area contributed by atoms with Gasteiger partial charge in [0.1, 0.15) is 5.75 Å². The Hall–Kier alpha value is -1.63. The van der Waals surface area contributed by atoms with Gasteiger partial charge in [-0.1, -0.05) is 0 Å². The number of methoxy groups -OCH3 is 1. The van der Waals surface area contributed by atoms with Gasteiger partial charge in [-0.2, -0.15) is 0 Å². The molecule has 1 rings (SSSR count). The van der Waals surface area contributed by atoms with Crippen LogP contribution in [0.2, 0.25) is 0 Å². The van der Waals surface area contributed by atoms with Gasteiger partial charge in [0.2, 0.25) is 0 Å². The molecule has 0 spiro atoms. The Morgan fingerprint density at radius 1 is 1.38 bits per heavy atom. The zero-order valence-corrected chi connectivity index (χ0v) is 6.92. The van der Waals surface area contributed by atoms with Crippen LogP contribution in [0.3, 0.4) is 0 Å². The molecule has 0 aliphatic heterocycles. The van der Waals surface area contributed by atoms with Crippen LogP contribution in [0.5, 0.6) is 5.75 Å². The molecule has 2 nitrogen and oxygen atoms in total. The minimum atomic E-state index is -2.57. The van der Waals surface area contributed by atoms with Crippen LogP contribution in [0.4, 0.5) is 14.5 Å². The molecule has 1 aromatic carbocycles. The van der Waals surface area contributed by atoms with Crippen molar-refractivity contribution in [3.63, 3.8) is 0 Å². The van der Waals surface area contributed by atoms with Crippen molar-refractivity contribution < 1.29 is 13.5 Å². The first-order chi connectivity index (χ1) is 6.17. The number of hydrogen-bond acceptors (Lipinski definition) is 1. The standard InChI is InChI=1S/C9H7F2NO/c1-12-7-3-6(9(10)11)4-8(5-7)13-2/h3-5,9H,2H3. The SMILES string of the molecule is [C-]#[N+]c1cc(OC)cc(C(F)F)c1. The molecular formula is C9H7F2NO. The molecule has 0 amide bonds. The van der Waals surface area contributed by atoms with Crippen LogP contribution in [0.1, 0.15) is 12.0 Å². The highest BCUT2D eigenvalue weighted by molar-refractivity contribution is 5.52. The molecular weight excluding hydrogens is 176 g/mol. The van der Waals surface area contributed by atoms with E-state index in [1.807, 2.05) is 0 Å². The van der Waals surface area contributed by atoms with Gasteiger partial charge in [0.15, 0.2) is 5.69 Å². The monoisotopic (exact) mass is 183 g/mol. The van der Waals surface area contributed by atoms with E-state index in [2.05, 4.69) is 4.85 Å². The fourth-order valence-corrected chi connectivity index (χ4v) is 0.914. The van der Waals surface area contributed by atoms with Gasteiger partial charge < -0.3 is 4.74 Å². The van der Waals surface area contributed by atoms with Gasteiger partial charge in [-0.3, -0.25) is 0 Å². The first kappa shape index (κ1) is 9.46. The van der Waals surface area contributed by atoms with Crippen LogP contribution in [0.25, 0.3) is 4.85 Å². The summed E-state index contributed by atoms with van der Waals surface area (Å²) in [5, 5.41) is 0. The molecule has 0 saturated carbocycles. The number of benzene rings is 1. The molecule has 68 valence electrons. The summed E-state index contributed by atoms with van der Waals surface area (Å²) in [4.78, 5) is 3.06. The van der Waals surface area contributed by atoms with Gasteiger partial charge >= 0.3 is 0 Å². The summed E-state index contributed by atoms with van der Waals surface area (Å²) < 4.78 is 29.3. The van der Waals surface area contributed by atoms with Crippen molar-refractivity contribution in [3.05, 3.63) is 35.2 Å². The van der Waals surface area contributed by atoms with E-state index < -0.39 is 6.43 Å². The molecule has 1 aromatic rings. The predicted octanol–water partition coefficient (Wildman–Crippen LogP) is 3.18. The molecule has 0 atom stereocenters. The summed E-state index contributed by atoms with van der Waals surface area (Å²) in [6, 6.07) is 3.79. The molecule has 0 radical (unpaired) electrons. The molecule has 0 bridgehead atoms. The minimum absolute atomic E-state index is 0.162. The van der Waals surface area contributed by atoms with E-state index in [0.29, 0.717) is 0 Å². The van der Waals surface area contributed by atoms with Crippen LogP contribution >= 0.6 is 0 Å². The summed E-state index contributed by atoms with van der Waals surface area (Å²) in [7, 11) is 1.37. The van der Waals surface area contributed by atoms with E-state index in [1.54, 1.807) is 0 Å². The van der Waals surface area contributed by atoms with Crippen LogP contribution < -0.4 is 4.74 Å². The van der Waals surface area contributed by atoms with Gasteiger partial charge in [0, 0.05) is 5.56 Å². The Morgan fingerprint density at radius 2 is 2.08 bits per heavy atom. The van der Waals surface area contributed by atoms with Gasteiger partial charge in [-0.05, 0) is 18.2 Å². The van der Waals surface area contributed by atoms with Crippen molar-refractivity contribution in [3.8, 4) is 5.75 Å². The summed E-state index contributed by atoms with van der Waals surface area (Å²) >= 11 is 0. The zero-order chi connectivity index (χ0) is 9.84. The van der Waals surface area contributed by atoms with Crippen LogP contribution in [-0.4, -0.2) is 7.11 Å². The molecule has 4 heteroatoms. The van der Waals surface area contributed by atoms with Crippen molar-refractivity contribution in [1.82, 2.24) is 0 Å². The van der Waals surface area contributed by atoms with Gasteiger partial charge in [-0.15, -0.1) is 0 Å². The Balaban J connectivity index is 3.17. The zero-order valence-electron chi connectivity index (χ0n) is 6.92. The third-order valence-corrected chi connectivity index (χ3v) is 1.53. The maximum atomic E-state index is 12.2. The van der Waals surface area contributed by atoms with Crippen molar-refractivity contribution in [2.75, 3.05) is 7.11 Å². The smallest absolute Gasteiger partial charge is 0.262 e. The second-order valence-corrected chi connectivity index (χ2v) is 2.38. The largest absolute Gasteiger partial charge is 0.498 e. The number of nitrogens with zero attached hydrogens (tertiary/aromatic N) is 1. The number of rotatable bonds is 2. The van der Waals surface area contributed by atoms with Crippen LogP contribution in [-0.2, 0) is 0 Å². The van der Waals surface area contributed by atoms with E-state index in [4.69, 9.17) is 11.3 Å². The fraction of sp³-hybridized carbons (Fsp3) is 0.222. The normalized spacial score (nSPS) is 9.77. The lowest BCUT2D eigenvalue weighted by atomic mass is 10.2. The second-order valence-electron chi connectivity index (χ2n) is 2.38. The molecule has 0 fully saturated rings. The van der Waals surface area contributed by atoms with E-state index in [1.165, 1.54) is 19.2 Å². The summed E-state index contributed by atoms with van der Waals surface area (Å²) in [5.41, 5.74) is -0.0278. The molecule has 0 saturated heterocycles.